The fourth-order valence-electron chi connectivity index (χ4n) is 3.39. The second-order valence-electron chi connectivity index (χ2n) is 7.97. The smallest absolute Gasteiger partial charge is 0.330 e. The van der Waals surface area contributed by atoms with Crippen molar-refractivity contribution in [3.8, 4) is 0 Å². The minimum Gasteiger partial charge on any atom is -0.756 e. The van der Waals surface area contributed by atoms with E-state index in [1.54, 1.807) is 0 Å². The Kier molecular flexibility index (Phi) is 8.56. The molecule has 2 fully saturated rings. The topological polar surface area (TPSA) is 262 Å². The van der Waals surface area contributed by atoms with E-state index in [2.05, 4.69) is 13.4 Å². The minimum absolute atomic E-state index is 0.175. The van der Waals surface area contributed by atoms with Gasteiger partial charge in [-0.05, 0) is 13.8 Å². The highest BCUT2D eigenvalue weighted by Gasteiger charge is 2.44. The molecule has 2 aliphatic heterocycles. The minimum atomic E-state index is -5.76. The normalized spacial score (nSPS) is 37.0. The second-order valence-corrected chi connectivity index (χ2v) is 10.9. The van der Waals surface area contributed by atoms with Crippen LogP contribution in [0.1, 0.15) is 25.1 Å². The van der Waals surface area contributed by atoms with Crippen LogP contribution in [0.15, 0.2) is 15.8 Å². The number of ether oxygens (including phenoxy) is 2. The number of aryl methyl sites for hydroxylation is 1. The van der Waals surface area contributed by atoms with Gasteiger partial charge < -0.3 is 44.2 Å². The lowest BCUT2D eigenvalue weighted by Gasteiger charge is -2.41. The SMILES string of the molecule is Cc1cn([C@H]2C[C@H](O)[C@@H](COP(=O)([O-])OP(=O)([O-])OC3O[C@H](C)[C@H](O)[C@H](O)[C@H]3O)O2)c(=O)[nH]c1=O. The molecule has 3 heterocycles. The zero-order valence-electron chi connectivity index (χ0n) is 18.2. The zero-order valence-corrected chi connectivity index (χ0v) is 20.0. The van der Waals surface area contributed by atoms with Gasteiger partial charge in [0.05, 0.1) is 18.8 Å². The number of phosphoric acid groups is 2. The lowest BCUT2D eigenvalue weighted by atomic mass is 10.0. The first-order chi connectivity index (χ1) is 16.1. The van der Waals surface area contributed by atoms with Crippen molar-refractivity contribution in [2.75, 3.05) is 6.61 Å². The van der Waals surface area contributed by atoms with Crippen molar-refractivity contribution in [3.63, 3.8) is 0 Å². The molecule has 0 saturated carbocycles. The summed E-state index contributed by atoms with van der Waals surface area (Å²) in [5.74, 6) is 0. The standard InChI is InChI=1S/C16H26N2O15P2/c1-6-4-18(16(24)17-14(6)23)10-3-8(19)9(31-10)5-29-34(25,26)33-35(27,28)32-15-13(22)12(21)11(20)7(2)30-15/h4,7-13,15,19-22H,3,5H2,1-2H3,(H,25,26)(H,27,28)(H,17,23,24)/p-2/t7-,8+,9-,10-,11+,12+,13-,15?/m1/s1. The fourth-order valence-corrected chi connectivity index (χ4v) is 5.47. The van der Waals surface area contributed by atoms with Crippen LogP contribution in [-0.4, -0.2) is 79.5 Å². The van der Waals surface area contributed by atoms with Gasteiger partial charge in [0.25, 0.3) is 21.2 Å². The first-order valence-corrected chi connectivity index (χ1v) is 13.0. The van der Waals surface area contributed by atoms with Crippen LogP contribution < -0.4 is 21.0 Å². The summed E-state index contributed by atoms with van der Waals surface area (Å²) in [6.07, 6.45) is -11.5. The van der Waals surface area contributed by atoms with Gasteiger partial charge in [-0.25, -0.2) is 9.11 Å². The number of phosphoric ester groups is 2. The summed E-state index contributed by atoms with van der Waals surface area (Å²) in [5, 5.41) is 39.2. The molecule has 0 bridgehead atoms. The molecule has 0 aliphatic carbocycles. The van der Waals surface area contributed by atoms with E-state index in [4.69, 9.17) is 9.47 Å². The van der Waals surface area contributed by atoms with E-state index in [1.807, 2.05) is 4.98 Å². The van der Waals surface area contributed by atoms with Gasteiger partial charge >= 0.3 is 5.69 Å². The molecule has 200 valence electrons. The third-order valence-electron chi connectivity index (χ3n) is 5.30. The molecule has 5 N–H and O–H groups in total. The second kappa shape index (κ2) is 10.6. The monoisotopic (exact) mass is 546 g/mol. The Morgan fingerprint density at radius 1 is 1.11 bits per heavy atom. The number of aromatic amines is 1. The number of H-pyrrole nitrogens is 1. The van der Waals surface area contributed by atoms with Gasteiger partial charge in [-0.1, -0.05) is 0 Å². The van der Waals surface area contributed by atoms with Crippen LogP contribution in [0, 0.1) is 6.92 Å². The zero-order chi connectivity index (χ0) is 26.3. The Bertz CT molecular complexity index is 1120. The van der Waals surface area contributed by atoms with Gasteiger partial charge in [-0.15, -0.1) is 0 Å². The van der Waals surface area contributed by atoms with Crippen molar-refractivity contribution >= 4 is 15.6 Å². The van der Waals surface area contributed by atoms with Crippen molar-refractivity contribution in [1.82, 2.24) is 9.55 Å². The number of nitrogens with one attached hydrogen (secondary N) is 1. The van der Waals surface area contributed by atoms with Crippen LogP contribution >= 0.6 is 15.6 Å². The average molecular weight is 546 g/mol. The van der Waals surface area contributed by atoms with Crippen LogP contribution in [0.4, 0.5) is 0 Å². The van der Waals surface area contributed by atoms with Crippen molar-refractivity contribution in [2.45, 2.75) is 69.4 Å². The number of hydrogen-bond donors (Lipinski definition) is 5. The summed E-state index contributed by atoms with van der Waals surface area (Å²) in [5.41, 5.74) is -1.28. The van der Waals surface area contributed by atoms with Gasteiger partial charge in [-0.3, -0.25) is 28.0 Å². The van der Waals surface area contributed by atoms with Crippen LogP contribution in [0.2, 0.25) is 0 Å². The third-order valence-corrected chi connectivity index (χ3v) is 7.83. The fraction of sp³-hybridized carbons (Fsp3) is 0.750. The molecule has 0 radical (unpaired) electrons. The molecule has 0 spiro atoms. The van der Waals surface area contributed by atoms with E-state index < -0.39 is 82.6 Å². The number of nitrogens with zero attached hydrogens (tertiary/aromatic N) is 1. The molecule has 19 heteroatoms. The number of hydrogen-bond acceptors (Lipinski definition) is 15. The highest BCUT2D eigenvalue weighted by Crippen LogP contribution is 2.57. The summed E-state index contributed by atoms with van der Waals surface area (Å²) in [6.45, 7) is 1.74. The number of aliphatic hydroxyl groups excluding tert-OH is 4. The predicted molar refractivity (Wildman–Crippen MR) is 106 cm³/mol. The molecule has 3 unspecified atom stereocenters. The Morgan fingerprint density at radius 3 is 2.43 bits per heavy atom. The molecule has 1 aromatic rings. The van der Waals surface area contributed by atoms with Crippen molar-refractivity contribution in [1.29, 1.82) is 0 Å². The van der Waals surface area contributed by atoms with E-state index in [-0.39, 0.29) is 12.0 Å². The highest BCUT2D eigenvalue weighted by atomic mass is 31.3. The first kappa shape index (κ1) is 28.3. The van der Waals surface area contributed by atoms with E-state index in [0.717, 1.165) is 4.57 Å². The molecule has 2 saturated heterocycles. The molecular formula is C16H24N2O15P2-2. The van der Waals surface area contributed by atoms with E-state index in [1.165, 1.54) is 20.0 Å². The van der Waals surface area contributed by atoms with Crippen molar-refractivity contribution in [3.05, 3.63) is 32.6 Å². The maximum absolute atomic E-state index is 12.0. The van der Waals surface area contributed by atoms with Gasteiger partial charge in [0.15, 0.2) is 6.29 Å². The summed E-state index contributed by atoms with van der Waals surface area (Å²) >= 11 is 0. The number of aromatic nitrogens is 2. The third kappa shape index (κ3) is 6.72. The largest absolute Gasteiger partial charge is 0.756 e. The summed E-state index contributed by atoms with van der Waals surface area (Å²) in [6, 6.07) is 0. The Hall–Kier alpha value is -1.30. The predicted octanol–water partition coefficient (Wildman–Crippen LogP) is -3.69. The molecule has 0 amide bonds. The Morgan fingerprint density at radius 2 is 1.77 bits per heavy atom. The number of rotatable bonds is 8. The maximum Gasteiger partial charge on any atom is 0.330 e. The summed E-state index contributed by atoms with van der Waals surface area (Å²) in [7, 11) is -11.4. The van der Waals surface area contributed by atoms with E-state index in [0.29, 0.717) is 0 Å². The highest BCUT2D eigenvalue weighted by molar-refractivity contribution is 7.59. The van der Waals surface area contributed by atoms with Gasteiger partial charge in [0.1, 0.15) is 30.6 Å². The van der Waals surface area contributed by atoms with Crippen LogP contribution in [0.5, 0.6) is 0 Å². The Balaban J connectivity index is 1.59. The Labute approximate surface area is 196 Å². The van der Waals surface area contributed by atoms with Crippen LogP contribution in [0.25, 0.3) is 0 Å². The molecule has 10 atom stereocenters. The lowest BCUT2D eigenvalue weighted by molar-refractivity contribution is -0.299. The van der Waals surface area contributed by atoms with E-state index >= 15 is 0 Å². The summed E-state index contributed by atoms with van der Waals surface area (Å²) < 4.78 is 48.0. The van der Waals surface area contributed by atoms with Crippen molar-refractivity contribution < 1.29 is 62.2 Å². The van der Waals surface area contributed by atoms with Gasteiger partial charge in [0, 0.05) is 18.2 Å². The van der Waals surface area contributed by atoms with Crippen molar-refractivity contribution in [2.24, 2.45) is 0 Å². The molecular weight excluding hydrogens is 522 g/mol. The molecule has 0 aromatic carbocycles. The maximum atomic E-state index is 12.0. The molecule has 35 heavy (non-hydrogen) atoms. The first-order valence-electron chi connectivity index (χ1n) is 10.1. The average Bonchev–Trinajstić information content (AvgIpc) is 3.11. The molecule has 1 aromatic heterocycles. The van der Waals surface area contributed by atoms with Gasteiger partial charge in [-0.2, -0.15) is 0 Å². The molecule has 17 nitrogen and oxygen atoms in total. The van der Waals surface area contributed by atoms with E-state index in [9.17, 15) is 48.9 Å². The van der Waals surface area contributed by atoms with Crippen LogP contribution in [-0.2, 0) is 32.0 Å². The van der Waals surface area contributed by atoms with Gasteiger partial charge in [0.2, 0.25) is 0 Å². The molecule has 2 aliphatic rings. The summed E-state index contributed by atoms with van der Waals surface area (Å²) in [4.78, 5) is 49.5. The lowest BCUT2D eigenvalue weighted by Crippen LogP contribution is -2.57. The quantitative estimate of drug-likeness (QED) is 0.197. The molecule has 3 rings (SSSR count). The number of aliphatic hydroxyl groups is 4. The van der Waals surface area contributed by atoms with Crippen LogP contribution in [0.3, 0.4) is 0 Å².